The summed E-state index contributed by atoms with van der Waals surface area (Å²) in [7, 11) is 0. The maximum atomic E-state index is 14.3. The number of nitrogens with zero attached hydrogens (tertiary/aromatic N) is 3. The molecule has 27 heavy (non-hydrogen) atoms. The highest BCUT2D eigenvalue weighted by Gasteiger charge is 2.19. The number of hydrogen-bond acceptors (Lipinski definition) is 2. The largest absolute Gasteiger partial charge is 0.252 e. The Kier molecular flexibility index (Phi) is 3.47. The van der Waals surface area contributed by atoms with E-state index in [4.69, 9.17) is 5.10 Å². The zero-order valence-corrected chi connectivity index (χ0v) is 14.1. The van der Waals surface area contributed by atoms with Crippen molar-refractivity contribution < 1.29 is 8.78 Å². The summed E-state index contributed by atoms with van der Waals surface area (Å²) >= 11 is 0. The van der Waals surface area contributed by atoms with Crippen LogP contribution in [0.4, 0.5) is 8.78 Å². The molecule has 0 saturated carbocycles. The van der Waals surface area contributed by atoms with Crippen LogP contribution in [0.25, 0.3) is 38.8 Å². The number of rotatable bonds is 2. The summed E-state index contributed by atoms with van der Waals surface area (Å²) in [5.41, 5.74) is 3.19. The summed E-state index contributed by atoms with van der Waals surface area (Å²) in [6.07, 6.45) is 1.60. The van der Waals surface area contributed by atoms with Gasteiger partial charge in [0.25, 0.3) is 0 Å². The minimum absolute atomic E-state index is 0.126. The average Bonchev–Trinajstić information content (AvgIpc) is 3.09. The van der Waals surface area contributed by atoms with E-state index in [0.717, 1.165) is 22.7 Å². The van der Waals surface area contributed by atoms with Gasteiger partial charge in [0, 0.05) is 28.6 Å². The van der Waals surface area contributed by atoms with E-state index in [1.54, 1.807) is 10.9 Å². The van der Waals surface area contributed by atoms with Crippen molar-refractivity contribution in [1.82, 2.24) is 14.8 Å². The Bertz CT molecular complexity index is 1280. The van der Waals surface area contributed by atoms with Crippen LogP contribution in [0.5, 0.6) is 0 Å². The third kappa shape index (κ3) is 2.47. The molecule has 0 aliphatic heterocycles. The van der Waals surface area contributed by atoms with Gasteiger partial charge in [-0.3, -0.25) is 4.98 Å². The minimum Gasteiger partial charge on any atom is -0.252 e. The first kappa shape index (κ1) is 15.6. The smallest absolute Gasteiger partial charge is 0.152 e. The highest BCUT2D eigenvalue weighted by atomic mass is 19.1. The van der Waals surface area contributed by atoms with Crippen molar-refractivity contribution in [2.24, 2.45) is 0 Å². The molecule has 0 amide bonds. The van der Waals surface area contributed by atoms with Crippen molar-refractivity contribution in [2.75, 3.05) is 0 Å². The lowest BCUT2D eigenvalue weighted by Crippen LogP contribution is -1.97. The minimum atomic E-state index is -0.686. The molecule has 0 saturated heterocycles. The SMILES string of the molecule is Fc1cc(F)c2ncc3c(-c4ccccc4)nn(-c4ccccc4)c3c2c1. The van der Waals surface area contributed by atoms with Gasteiger partial charge in [0.05, 0.1) is 11.2 Å². The molecule has 3 nitrogen and oxygen atoms in total. The summed E-state index contributed by atoms with van der Waals surface area (Å²) in [6, 6.07) is 21.4. The topological polar surface area (TPSA) is 30.7 Å². The quantitative estimate of drug-likeness (QED) is 0.416. The summed E-state index contributed by atoms with van der Waals surface area (Å²) < 4.78 is 30.0. The van der Waals surface area contributed by atoms with E-state index in [2.05, 4.69) is 4.98 Å². The van der Waals surface area contributed by atoms with Gasteiger partial charge < -0.3 is 0 Å². The molecule has 2 aromatic heterocycles. The fourth-order valence-electron chi connectivity index (χ4n) is 3.38. The van der Waals surface area contributed by atoms with Crippen molar-refractivity contribution in [1.29, 1.82) is 0 Å². The molecular weight excluding hydrogens is 344 g/mol. The number of benzene rings is 3. The van der Waals surface area contributed by atoms with Crippen molar-refractivity contribution in [3.8, 4) is 16.9 Å². The molecular formula is C22H13F2N3. The first-order valence-electron chi connectivity index (χ1n) is 8.50. The third-order valence-electron chi connectivity index (χ3n) is 4.58. The zero-order chi connectivity index (χ0) is 18.4. The number of hydrogen-bond donors (Lipinski definition) is 0. The molecule has 0 aliphatic carbocycles. The Hall–Kier alpha value is -3.60. The Labute approximate surface area is 153 Å². The van der Waals surface area contributed by atoms with Gasteiger partial charge in [-0.25, -0.2) is 13.5 Å². The molecule has 5 heteroatoms. The lowest BCUT2D eigenvalue weighted by atomic mass is 10.1. The second-order valence-corrected chi connectivity index (χ2v) is 6.27. The molecule has 0 atom stereocenters. The summed E-state index contributed by atoms with van der Waals surface area (Å²) in [5, 5.41) is 5.90. The van der Waals surface area contributed by atoms with Crippen LogP contribution in [0.1, 0.15) is 0 Å². The number of halogens is 2. The van der Waals surface area contributed by atoms with Gasteiger partial charge >= 0.3 is 0 Å². The van der Waals surface area contributed by atoms with Gasteiger partial charge in [0.1, 0.15) is 17.0 Å². The molecule has 0 unspecified atom stereocenters. The standard InChI is InChI=1S/C22H13F2N3/c23-15-11-17-21(19(24)12-15)25-13-18-20(14-7-3-1-4-8-14)26-27(22(17)18)16-9-5-2-6-10-16/h1-13H. The average molecular weight is 357 g/mol. The van der Waals surface area contributed by atoms with Gasteiger partial charge in [0.15, 0.2) is 5.82 Å². The van der Waals surface area contributed by atoms with Crippen molar-refractivity contribution in [3.63, 3.8) is 0 Å². The Morgan fingerprint density at radius 1 is 0.778 bits per heavy atom. The van der Waals surface area contributed by atoms with E-state index in [1.165, 1.54) is 6.07 Å². The van der Waals surface area contributed by atoms with Crippen molar-refractivity contribution in [3.05, 3.63) is 90.6 Å². The Morgan fingerprint density at radius 2 is 1.48 bits per heavy atom. The molecule has 0 bridgehead atoms. The van der Waals surface area contributed by atoms with Crippen LogP contribution in [-0.4, -0.2) is 14.8 Å². The van der Waals surface area contributed by atoms with Gasteiger partial charge in [-0.05, 0) is 18.2 Å². The van der Waals surface area contributed by atoms with Crippen LogP contribution in [0, 0.1) is 11.6 Å². The molecule has 2 heterocycles. The van der Waals surface area contributed by atoms with Crippen LogP contribution in [0.2, 0.25) is 0 Å². The fraction of sp³-hybridized carbons (Fsp3) is 0. The zero-order valence-electron chi connectivity index (χ0n) is 14.1. The Morgan fingerprint density at radius 3 is 2.22 bits per heavy atom. The van der Waals surface area contributed by atoms with Gasteiger partial charge in [0.2, 0.25) is 0 Å². The highest BCUT2D eigenvalue weighted by molar-refractivity contribution is 6.08. The van der Waals surface area contributed by atoms with E-state index >= 15 is 0 Å². The second kappa shape index (κ2) is 5.99. The normalized spacial score (nSPS) is 11.3. The number of pyridine rings is 1. The van der Waals surface area contributed by atoms with Crippen molar-refractivity contribution >= 4 is 21.8 Å². The van der Waals surface area contributed by atoms with E-state index in [1.807, 2.05) is 60.7 Å². The highest BCUT2D eigenvalue weighted by Crippen LogP contribution is 2.34. The molecule has 0 aliphatic rings. The lowest BCUT2D eigenvalue weighted by Gasteiger charge is -2.06. The second-order valence-electron chi connectivity index (χ2n) is 6.27. The van der Waals surface area contributed by atoms with Crippen LogP contribution in [0.15, 0.2) is 79.0 Å². The molecule has 0 N–H and O–H groups in total. The van der Waals surface area contributed by atoms with E-state index < -0.39 is 11.6 Å². The van der Waals surface area contributed by atoms with E-state index in [-0.39, 0.29) is 5.52 Å². The number of aromatic nitrogens is 3. The first-order valence-corrected chi connectivity index (χ1v) is 8.50. The number of fused-ring (bicyclic) bond motifs is 3. The van der Waals surface area contributed by atoms with Crippen molar-refractivity contribution in [2.45, 2.75) is 0 Å². The summed E-state index contributed by atoms with van der Waals surface area (Å²) in [5.74, 6) is -1.33. The first-order chi connectivity index (χ1) is 13.2. The molecule has 5 aromatic rings. The van der Waals surface area contributed by atoms with Gasteiger partial charge in [-0.15, -0.1) is 0 Å². The molecule has 0 radical (unpaired) electrons. The summed E-state index contributed by atoms with van der Waals surface area (Å²) in [6.45, 7) is 0. The van der Waals surface area contributed by atoms with Crippen LogP contribution < -0.4 is 0 Å². The molecule has 0 spiro atoms. The molecule has 130 valence electrons. The molecule has 3 aromatic carbocycles. The molecule has 0 fully saturated rings. The predicted octanol–water partition coefficient (Wildman–Crippen LogP) is 5.52. The maximum absolute atomic E-state index is 14.3. The van der Waals surface area contributed by atoms with Crippen LogP contribution in [0.3, 0.4) is 0 Å². The fourth-order valence-corrected chi connectivity index (χ4v) is 3.38. The maximum Gasteiger partial charge on any atom is 0.152 e. The Balaban J connectivity index is 1.96. The van der Waals surface area contributed by atoms with Crippen LogP contribution >= 0.6 is 0 Å². The van der Waals surface area contributed by atoms with E-state index in [9.17, 15) is 8.78 Å². The third-order valence-corrected chi connectivity index (χ3v) is 4.58. The van der Waals surface area contributed by atoms with Gasteiger partial charge in [-0.2, -0.15) is 5.10 Å². The number of para-hydroxylation sites is 1. The van der Waals surface area contributed by atoms with Crippen LogP contribution in [-0.2, 0) is 0 Å². The van der Waals surface area contributed by atoms with Gasteiger partial charge in [-0.1, -0.05) is 48.5 Å². The summed E-state index contributed by atoms with van der Waals surface area (Å²) in [4.78, 5) is 4.25. The van der Waals surface area contributed by atoms with E-state index in [0.29, 0.717) is 16.6 Å². The lowest BCUT2D eigenvalue weighted by molar-refractivity contribution is 0.590. The predicted molar refractivity (Wildman–Crippen MR) is 102 cm³/mol. The molecule has 5 rings (SSSR count). The monoisotopic (exact) mass is 357 g/mol.